The van der Waals surface area contributed by atoms with Gasteiger partial charge in [-0.3, -0.25) is 4.57 Å². The normalized spacial score (nSPS) is 13.3. The number of alkyl halides is 7. The summed E-state index contributed by atoms with van der Waals surface area (Å²) in [6.45, 7) is 1.16. The van der Waals surface area contributed by atoms with Gasteiger partial charge in [-0.2, -0.15) is 26.3 Å². The number of aromatic nitrogens is 1. The van der Waals surface area contributed by atoms with Crippen molar-refractivity contribution in [3.8, 4) is 11.6 Å². The van der Waals surface area contributed by atoms with Gasteiger partial charge in [0.25, 0.3) is 0 Å². The summed E-state index contributed by atoms with van der Waals surface area (Å²) >= 11 is 12.3. The molecular formula is C18H10Cl2F7NO. The second kappa shape index (κ2) is 6.70. The van der Waals surface area contributed by atoms with Crippen LogP contribution in [-0.4, -0.2) is 22.0 Å². The summed E-state index contributed by atoms with van der Waals surface area (Å²) in [6, 6.07) is 6.06. The molecule has 0 atom stereocenters. The summed E-state index contributed by atoms with van der Waals surface area (Å²) < 4.78 is 93.1. The van der Waals surface area contributed by atoms with E-state index in [4.69, 9.17) is 23.2 Å². The number of halogens is 9. The van der Waals surface area contributed by atoms with Crippen molar-refractivity contribution < 1.29 is 35.8 Å². The molecule has 0 bridgehead atoms. The lowest BCUT2D eigenvalue weighted by Gasteiger charge is -2.30. The van der Waals surface area contributed by atoms with E-state index >= 15 is 0 Å². The van der Waals surface area contributed by atoms with Gasteiger partial charge < -0.3 is 5.11 Å². The highest BCUT2D eigenvalue weighted by Crippen LogP contribution is 2.53. The number of hydrogen-bond acceptors (Lipinski definition) is 1. The molecule has 1 aromatic heterocycles. The molecule has 3 rings (SSSR count). The molecule has 0 aliphatic rings. The van der Waals surface area contributed by atoms with Crippen LogP contribution in [0.25, 0.3) is 16.5 Å². The molecule has 0 spiro atoms. The molecule has 1 heterocycles. The van der Waals surface area contributed by atoms with Gasteiger partial charge in [-0.1, -0.05) is 41.4 Å². The fourth-order valence-electron chi connectivity index (χ4n) is 3.07. The summed E-state index contributed by atoms with van der Waals surface area (Å²) in [5.74, 6) is -0.429. The first-order valence-electron chi connectivity index (χ1n) is 7.83. The number of aryl methyl sites for hydroxylation is 1. The van der Waals surface area contributed by atoms with Gasteiger partial charge in [0.15, 0.2) is 0 Å². The van der Waals surface area contributed by atoms with E-state index in [0.717, 1.165) is 17.6 Å². The van der Waals surface area contributed by atoms with E-state index in [1.54, 1.807) is 0 Å². The zero-order valence-corrected chi connectivity index (χ0v) is 15.8. The van der Waals surface area contributed by atoms with Gasteiger partial charge in [-0.25, -0.2) is 4.39 Å². The molecule has 3 aromatic rings. The van der Waals surface area contributed by atoms with Crippen LogP contribution in [0.3, 0.4) is 0 Å². The molecular weight excluding hydrogens is 450 g/mol. The van der Waals surface area contributed by atoms with E-state index in [9.17, 15) is 35.8 Å². The van der Waals surface area contributed by atoms with E-state index in [0.29, 0.717) is 12.1 Å². The van der Waals surface area contributed by atoms with Crippen LogP contribution in [0.1, 0.15) is 11.1 Å². The van der Waals surface area contributed by atoms with Crippen LogP contribution in [-0.2, 0) is 5.67 Å². The second-order valence-corrected chi connectivity index (χ2v) is 7.03. The Morgan fingerprint density at radius 3 is 1.97 bits per heavy atom. The van der Waals surface area contributed by atoms with Crippen LogP contribution in [0, 0.1) is 6.92 Å². The SMILES string of the molecule is Cc1cc(C(F)(C(F)(F)F)C(F)(F)F)ccc1-n1c(O)c2cccc(Cl)c2c1Cl. The topological polar surface area (TPSA) is 25.2 Å². The first-order chi connectivity index (χ1) is 13.2. The maximum atomic E-state index is 14.3. The van der Waals surface area contributed by atoms with Crippen molar-refractivity contribution in [2.75, 3.05) is 0 Å². The van der Waals surface area contributed by atoms with Crippen molar-refractivity contribution in [1.82, 2.24) is 4.57 Å². The molecule has 29 heavy (non-hydrogen) atoms. The molecule has 0 fully saturated rings. The minimum Gasteiger partial charge on any atom is -0.494 e. The lowest BCUT2D eigenvalue weighted by Crippen LogP contribution is -2.50. The van der Waals surface area contributed by atoms with Crippen LogP contribution in [0.15, 0.2) is 36.4 Å². The Bertz CT molecular complexity index is 1090. The molecule has 0 radical (unpaired) electrons. The molecule has 0 aliphatic carbocycles. The molecule has 2 nitrogen and oxygen atoms in total. The van der Waals surface area contributed by atoms with E-state index in [-0.39, 0.29) is 32.2 Å². The van der Waals surface area contributed by atoms with Gasteiger partial charge in [0.2, 0.25) is 5.88 Å². The maximum absolute atomic E-state index is 14.3. The van der Waals surface area contributed by atoms with Gasteiger partial charge >= 0.3 is 18.0 Å². The van der Waals surface area contributed by atoms with Gasteiger partial charge in [-0.15, -0.1) is 0 Å². The van der Waals surface area contributed by atoms with Crippen LogP contribution in [0.4, 0.5) is 30.7 Å². The van der Waals surface area contributed by atoms with E-state index in [1.165, 1.54) is 18.2 Å². The fourth-order valence-corrected chi connectivity index (χ4v) is 3.76. The Morgan fingerprint density at radius 1 is 0.897 bits per heavy atom. The van der Waals surface area contributed by atoms with Crippen molar-refractivity contribution in [2.24, 2.45) is 0 Å². The highest BCUT2D eigenvalue weighted by atomic mass is 35.5. The van der Waals surface area contributed by atoms with E-state index in [1.807, 2.05) is 0 Å². The van der Waals surface area contributed by atoms with Crippen molar-refractivity contribution in [3.63, 3.8) is 0 Å². The molecule has 11 heteroatoms. The predicted octanol–water partition coefficient (Wildman–Crippen LogP) is 7.24. The number of aromatic hydroxyl groups is 1. The number of benzene rings is 2. The molecule has 0 saturated carbocycles. The largest absolute Gasteiger partial charge is 0.494 e. The summed E-state index contributed by atoms with van der Waals surface area (Å²) in [6.07, 6.45) is -12.5. The smallest absolute Gasteiger partial charge is 0.435 e. The summed E-state index contributed by atoms with van der Waals surface area (Å²) in [5.41, 5.74) is -7.43. The van der Waals surface area contributed by atoms with Crippen molar-refractivity contribution in [1.29, 1.82) is 0 Å². The zero-order valence-electron chi connectivity index (χ0n) is 14.3. The van der Waals surface area contributed by atoms with Crippen molar-refractivity contribution >= 4 is 34.0 Å². The highest BCUT2D eigenvalue weighted by molar-refractivity contribution is 6.42. The van der Waals surface area contributed by atoms with E-state index < -0.39 is 29.5 Å². The number of rotatable bonds is 2. The van der Waals surface area contributed by atoms with Crippen LogP contribution in [0.2, 0.25) is 10.2 Å². The van der Waals surface area contributed by atoms with Crippen molar-refractivity contribution in [3.05, 3.63) is 57.7 Å². The molecule has 0 unspecified atom stereocenters. The van der Waals surface area contributed by atoms with E-state index in [2.05, 4.69) is 0 Å². The Hall–Kier alpha value is -2.13. The van der Waals surface area contributed by atoms with Gasteiger partial charge in [0.05, 0.1) is 10.7 Å². The first-order valence-corrected chi connectivity index (χ1v) is 8.58. The number of hydrogen-bond donors (Lipinski definition) is 1. The molecule has 0 aliphatic heterocycles. The molecule has 0 amide bonds. The average Bonchev–Trinajstić information content (AvgIpc) is 2.84. The summed E-state index contributed by atoms with van der Waals surface area (Å²) in [7, 11) is 0. The van der Waals surface area contributed by atoms with Gasteiger partial charge in [0.1, 0.15) is 5.15 Å². The summed E-state index contributed by atoms with van der Waals surface area (Å²) in [4.78, 5) is 0. The number of fused-ring (bicyclic) bond motifs is 1. The standard InChI is InChI=1S/C18H10Cl2F7NO/c1-8-7-9(16(21,17(22,23)24)18(25,26)27)5-6-12(8)28-14(20)13-10(15(28)29)3-2-4-11(13)19/h2-7,29H,1H3. The van der Waals surface area contributed by atoms with Crippen LogP contribution in [0.5, 0.6) is 5.88 Å². The lowest BCUT2D eigenvalue weighted by molar-refractivity contribution is -0.348. The van der Waals surface area contributed by atoms with Gasteiger partial charge in [0, 0.05) is 16.3 Å². The molecule has 2 aromatic carbocycles. The predicted molar refractivity (Wildman–Crippen MR) is 94.6 cm³/mol. The molecule has 1 N–H and O–H groups in total. The third-order valence-corrected chi connectivity index (χ3v) is 5.16. The second-order valence-electron chi connectivity index (χ2n) is 6.27. The monoisotopic (exact) mass is 459 g/mol. The minimum atomic E-state index is -6.23. The molecule has 0 saturated heterocycles. The lowest BCUT2D eigenvalue weighted by atomic mass is 9.92. The average molecular weight is 460 g/mol. The van der Waals surface area contributed by atoms with Crippen LogP contribution >= 0.6 is 23.2 Å². The molecule has 156 valence electrons. The Morgan fingerprint density at radius 2 is 1.48 bits per heavy atom. The van der Waals surface area contributed by atoms with Gasteiger partial charge in [-0.05, 0) is 30.7 Å². The Kier molecular flexibility index (Phi) is 4.98. The summed E-state index contributed by atoms with van der Waals surface area (Å²) in [5, 5.41) is 11.0. The first kappa shape index (κ1) is 21.6. The quantitative estimate of drug-likeness (QED) is 0.401. The third kappa shape index (κ3) is 3.11. The fraction of sp³-hybridized carbons (Fsp3) is 0.222. The Labute approximate surface area is 169 Å². The van der Waals surface area contributed by atoms with Crippen molar-refractivity contribution in [2.45, 2.75) is 24.9 Å². The van der Waals surface area contributed by atoms with Crippen LogP contribution < -0.4 is 0 Å². The minimum absolute atomic E-state index is 0.0461. The zero-order chi connectivity index (χ0) is 21.9. The highest BCUT2D eigenvalue weighted by Gasteiger charge is 2.73. The number of nitrogens with zero attached hydrogens (tertiary/aromatic N) is 1. The maximum Gasteiger partial charge on any atom is 0.435 e. The third-order valence-electron chi connectivity index (χ3n) is 4.49. The Balaban J connectivity index is 2.25.